The van der Waals surface area contributed by atoms with E-state index in [4.69, 9.17) is 4.98 Å². The second-order valence-corrected chi connectivity index (χ2v) is 12.9. The number of hydrogen-bond acceptors (Lipinski definition) is 2. The number of rotatable bonds is 5. The Bertz CT molecular complexity index is 2610. The summed E-state index contributed by atoms with van der Waals surface area (Å²) in [7, 11) is 0. The third kappa shape index (κ3) is 4.43. The van der Waals surface area contributed by atoms with Gasteiger partial charge >= 0.3 is 0 Å². The predicted molar refractivity (Wildman–Crippen MR) is 209 cm³/mol. The molecule has 10 rings (SSSR count). The van der Waals surface area contributed by atoms with Crippen LogP contribution in [0, 0.1) is 0 Å². The third-order valence-electron chi connectivity index (χ3n) is 10.1. The monoisotopic (exact) mass is 634 g/mol. The van der Waals surface area contributed by atoms with E-state index < -0.39 is 0 Å². The molecule has 0 amide bonds. The number of nitrogens with zero attached hydrogens (tertiary/aromatic N) is 2. The average Bonchev–Trinajstić information content (AvgIpc) is 3.53. The van der Waals surface area contributed by atoms with Crippen molar-refractivity contribution in [1.29, 1.82) is 0 Å². The fourth-order valence-corrected chi connectivity index (χ4v) is 7.93. The fraction of sp³-hybridized carbons (Fsp3) is 0. The Morgan fingerprint density at radius 2 is 0.820 bits per heavy atom. The summed E-state index contributed by atoms with van der Waals surface area (Å²) in [6.07, 6.45) is 3.74. The highest BCUT2D eigenvalue weighted by molar-refractivity contribution is 6.28. The summed E-state index contributed by atoms with van der Waals surface area (Å²) in [4.78, 5) is 9.15. The molecule has 1 aliphatic carbocycles. The van der Waals surface area contributed by atoms with Crippen molar-refractivity contribution in [1.82, 2.24) is 9.97 Å². The van der Waals surface area contributed by atoms with E-state index in [1.807, 2.05) is 30.5 Å². The standard InChI is InChI=1S/C48H30N2/c1-3-12-33(13-4-1)44-38-16-7-8-17-39(38)45(34-14-5-2-6-15-34)48-41-27-26-36(37-18-11-19-40(46(37)41)47(44)48)32-23-21-31(22-24-32)35-25-28-43(50-30-35)42-20-9-10-29-49-42/h1-30H. The van der Waals surface area contributed by atoms with E-state index in [-0.39, 0.29) is 0 Å². The molecule has 1 aliphatic rings. The largest absolute Gasteiger partial charge is 0.255 e. The molecule has 50 heavy (non-hydrogen) atoms. The van der Waals surface area contributed by atoms with Gasteiger partial charge < -0.3 is 0 Å². The van der Waals surface area contributed by atoms with Crippen LogP contribution in [0.5, 0.6) is 0 Å². The van der Waals surface area contributed by atoms with Crippen molar-refractivity contribution >= 4 is 21.5 Å². The molecule has 0 N–H and O–H groups in total. The van der Waals surface area contributed by atoms with Crippen molar-refractivity contribution in [3.05, 3.63) is 182 Å². The molecule has 0 fully saturated rings. The van der Waals surface area contributed by atoms with E-state index in [2.05, 4.69) is 151 Å². The van der Waals surface area contributed by atoms with Gasteiger partial charge in [-0.1, -0.05) is 152 Å². The van der Waals surface area contributed by atoms with Crippen molar-refractivity contribution in [3.8, 4) is 78.1 Å². The lowest BCUT2D eigenvalue weighted by molar-refractivity contribution is 1.25. The van der Waals surface area contributed by atoms with E-state index in [1.54, 1.807) is 6.20 Å². The van der Waals surface area contributed by atoms with Crippen LogP contribution in [0.25, 0.3) is 99.7 Å². The van der Waals surface area contributed by atoms with Crippen LogP contribution < -0.4 is 0 Å². The molecule has 2 heterocycles. The van der Waals surface area contributed by atoms with Crippen LogP contribution in [0.3, 0.4) is 0 Å². The van der Waals surface area contributed by atoms with Gasteiger partial charge in [0, 0.05) is 18.0 Å². The zero-order valence-electron chi connectivity index (χ0n) is 27.2. The van der Waals surface area contributed by atoms with Crippen molar-refractivity contribution < 1.29 is 0 Å². The van der Waals surface area contributed by atoms with Gasteiger partial charge in [0.25, 0.3) is 0 Å². The van der Waals surface area contributed by atoms with Gasteiger partial charge in [0.2, 0.25) is 0 Å². The number of aromatic nitrogens is 2. The van der Waals surface area contributed by atoms with E-state index in [0.29, 0.717) is 0 Å². The molecule has 0 aliphatic heterocycles. The normalized spacial score (nSPS) is 11.6. The number of hydrogen-bond donors (Lipinski definition) is 0. The molecular formula is C48H30N2. The topological polar surface area (TPSA) is 25.8 Å². The SMILES string of the molecule is c1ccc(-c2c3c(c(-c4ccccc4)c4ccccc24)-c2ccc(-c4ccc(-c5ccc(-c6ccccn6)nc5)cc4)c4cccc-3c24)cc1. The van der Waals surface area contributed by atoms with Gasteiger partial charge in [0.15, 0.2) is 0 Å². The van der Waals surface area contributed by atoms with Crippen LogP contribution in [0.15, 0.2) is 182 Å². The Hall–Kier alpha value is -6.64. The van der Waals surface area contributed by atoms with Crippen LogP contribution in [0.4, 0.5) is 0 Å². The zero-order chi connectivity index (χ0) is 33.0. The second-order valence-electron chi connectivity index (χ2n) is 12.9. The first kappa shape index (κ1) is 28.4. The zero-order valence-corrected chi connectivity index (χ0v) is 27.2. The lowest BCUT2D eigenvalue weighted by Gasteiger charge is -2.20. The molecule has 0 unspecified atom stereocenters. The fourth-order valence-electron chi connectivity index (χ4n) is 7.93. The highest BCUT2D eigenvalue weighted by atomic mass is 14.8. The third-order valence-corrected chi connectivity index (χ3v) is 10.1. The van der Waals surface area contributed by atoms with Gasteiger partial charge in [-0.05, 0) is 101 Å². The summed E-state index contributed by atoms with van der Waals surface area (Å²) in [5, 5.41) is 5.15. The summed E-state index contributed by atoms with van der Waals surface area (Å²) in [5.74, 6) is 0. The van der Waals surface area contributed by atoms with Gasteiger partial charge in [-0.25, -0.2) is 0 Å². The van der Waals surface area contributed by atoms with Crippen molar-refractivity contribution in [3.63, 3.8) is 0 Å². The second kappa shape index (κ2) is 11.5. The smallest absolute Gasteiger partial charge is 0.0886 e. The summed E-state index contributed by atoms with van der Waals surface area (Å²) in [6.45, 7) is 0. The van der Waals surface area contributed by atoms with Crippen LogP contribution in [0.2, 0.25) is 0 Å². The Labute approximate surface area is 291 Å². The Morgan fingerprint density at radius 3 is 1.44 bits per heavy atom. The van der Waals surface area contributed by atoms with Gasteiger partial charge in [-0.3, -0.25) is 9.97 Å². The maximum atomic E-state index is 4.71. The Morgan fingerprint density at radius 1 is 0.280 bits per heavy atom. The summed E-state index contributed by atoms with van der Waals surface area (Å²) >= 11 is 0. The van der Waals surface area contributed by atoms with Crippen molar-refractivity contribution in [2.24, 2.45) is 0 Å². The van der Waals surface area contributed by atoms with E-state index in [9.17, 15) is 0 Å². The molecule has 9 aromatic rings. The molecule has 0 spiro atoms. The molecule has 7 aromatic carbocycles. The first-order chi connectivity index (χ1) is 24.8. The van der Waals surface area contributed by atoms with Gasteiger partial charge in [-0.15, -0.1) is 0 Å². The summed E-state index contributed by atoms with van der Waals surface area (Å²) in [5.41, 5.74) is 16.7. The molecule has 2 aromatic heterocycles. The van der Waals surface area contributed by atoms with E-state index in [0.717, 1.165) is 22.5 Å². The van der Waals surface area contributed by atoms with E-state index in [1.165, 1.54) is 77.2 Å². The first-order valence-electron chi connectivity index (χ1n) is 17.1. The summed E-state index contributed by atoms with van der Waals surface area (Å²) < 4.78 is 0. The van der Waals surface area contributed by atoms with Gasteiger partial charge in [0.1, 0.15) is 0 Å². The van der Waals surface area contributed by atoms with Crippen molar-refractivity contribution in [2.75, 3.05) is 0 Å². The predicted octanol–water partition coefficient (Wildman–Crippen LogP) is 12.8. The highest BCUT2D eigenvalue weighted by Gasteiger charge is 2.31. The van der Waals surface area contributed by atoms with E-state index >= 15 is 0 Å². The average molecular weight is 635 g/mol. The molecule has 0 atom stereocenters. The highest BCUT2D eigenvalue weighted by Crippen LogP contribution is 2.58. The molecule has 232 valence electrons. The molecular weight excluding hydrogens is 605 g/mol. The minimum absolute atomic E-state index is 0.874. The number of pyridine rings is 2. The molecule has 0 saturated carbocycles. The van der Waals surface area contributed by atoms with Crippen LogP contribution in [-0.4, -0.2) is 9.97 Å². The molecule has 0 saturated heterocycles. The molecule has 2 nitrogen and oxygen atoms in total. The van der Waals surface area contributed by atoms with Gasteiger partial charge in [-0.2, -0.15) is 0 Å². The minimum Gasteiger partial charge on any atom is -0.255 e. The van der Waals surface area contributed by atoms with Crippen LogP contribution >= 0.6 is 0 Å². The Kier molecular flexibility index (Phi) is 6.53. The first-order valence-corrected chi connectivity index (χ1v) is 17.1. The van der Waals surface area contributed by atoms with Gasteiger partial charge in [0.05, 0.1) is 11.4 Å². The van der Waals surface area contributed by atoms with Crippen molar-refractivity contribution in [2.45, 2.75) is 0 Å². The lowest BCUT2D eigenvalue weighted by atomic mass is 9.82. The maximum absolute atomic E-state index is 4.71. The summed E-state index contributed by atoms with van der Waals surface area (Å²) in [6, 6.07) is 61.2. The molecule has 0 bridgehead atoms. The minimum atomic E-state index is 0.874. The number of benzene rings is 7. The molecule has 2 heteroatoms. The quantitative estimate of drug-likeness (QED) is 0.188. The number of fused-ring (bicyclic) bond motifs is 4. The van der Waals surface area contributed by atoms with Crippen LogP contribution in [-0.2, 0) is 0 Å². The maximum Gasteiger partial charge on any atom is 0.0886 e. The lowest BCUT2D eigenvalue weighted by Crippen LogP contribution is -1.93. The Balaban J connectivity index is 1.15. The molecule has 0 radical (unpaired) electrons. The van der Waals surface area contributed by atoms with Crippen LogP contribution in [0.1, 0.15) is 0 Å².